The van der Waals surface area contributed by atoms with E-state index in [4.69, 9.17) is 13.9 Å². The van der Waals surface area contributed by atoms with E-state index in [-0.39, 0.29) is 30.7 Å². The highest BCUT2D eigenvalue weighted by molar-refractivity contribution is 5.91. The van der Waals surface area contributed by atoms with Crippen molar-refractivity contribution in [2.75, 3.05) is 13.2 Å². The molecule has 5 nitrogen and oxygen atoms in total. The second-order valence-corrected chi connectivity index (χ2v) is 5.43. The Balaban J connectivity index is 1.40. The van der Waals surface area contributed by atoms with Gasteiger partial charge in [-0.05, 0) is 48.5 Å². The van der Waals surface area contributed by atoms with Gasteiger partial charge in [0.15, 0.2) is 5.76 Å². The Kier molecular flexibility index (Phi) is 5.88. The zero-order chi connectivity index (χ0) is 18.2. The molecule has 0 radical (unpaired) electrons. The maximum atomic E-state index is 12.8. The van der Waals surface area contributed by atoms with E-state index in [1.165, 1.54) is 24.3 Å². The van der Waals surface area contributed by atoms with E-state index < -0.39 is 0 Å². The summed E-state index contributed by atoms with van der Waals surface area (Å²) in [5.41, 5.74) is 0. The molecule has 26 heavy (non-hydrogen) atoms. The average molecular weight is 355 g/mol. The largest absolute Gasteiger partial charge is 0.492 e. The van der Waals surface area contributed by atoms with Crippen molar-refractivity contribution in [3.8, 4) is 11.5 Å². The quantitative estimate of drug-likeness (QED) is 0.624. The van der Waals surface area contributed by atoms with E-state index in [1.54, 1.807) is 12.1 Å². The van der Waals surface area contributed by atoms with Crippen molar-refractivity contribution in [2.45, 2.75) is 6.61 Å². The number of hydrogen-bond acceptors (Lipinski definition) is 4. The third kappa shape index (κ3) is 5.11. The lowest BCUT2D eigenvalue weighted by Crippen LogP contribution is -2.27. The molecule has 0 aliphatic heterocycles. The van der Waals surface area contributed by atoms with Crippen LogP contribution in [0.3, 0.4) is 0 Å². The van der Waals surface area contributed by atoms with Crippen LogP contribution in [0.15, 0.2) is 71.1 Å². The van der Waals surface area contributed by atoms with Crippen LogP contribution in [0.4, 0.5) is 4.39 Å². The molecule has 1 amide bonds. The van der Waals surface area contributed by atoms with Gasteiger partial charge >= 0.3 is 0 Å². The number of halogens is 1. The summed E-state index contributed by atoms with van der Waals surface area (Å²) >= 11 is 0. The Bertz CT molecular complexity index is 831. The summed E-state index contributed by atoms with van der Waals surface area (Å²) in [5, 5.41) is 2.70. The van der Waals surface area contributed by atoms with E-state index >= 15 is 0 Å². The smallest absolute Gasteiger partial charge is 0.287 e. The topological polar surface area (TPSA) is 60.7 Å². The van der Waals surface area contributed by atoms with Crippen LogP contribution >= 0.6 is 0 Å². The Morgan fingerprint density at radius 1 is 0.923 bits per heavy atom. The number of rotatable bonds is 8. The maximum Gasteiger partial charge on any atom is 0.287 e. The lowest BCUT2D eigenvalue weighted by Gasteiger charge is -2.07. The lowest BCUT2D eigenvalue weighted by atomic mass is 10.3. The van der Waals surface area contributed by atoms with E-state index in [9.17, 15) is 9.18 Å². The maximum absolute atomic E-state index is 12.8. The van der Waals surface area contributed by atoms with E-state index in [2.05, 4.69) is 5.32 Å². The van der Waals surface area contributed by atoms with Gasteiger partial charge in [-0.25, -0.2) is 4.39 Å². The van der Waals surface area contributed by atoms with Crippen molar-refractivity contribution in [2.24, 2.45) is 0 Å². The standard InChI is InChI=1S/C20H18FNO4/c21-15-6-8-17(9-7-15)24-13-12-22-20(23)19-11-10-18(26-19)14-25-16-4-2-1-3-5-16/h1-11H,12-14H2,(H,22,23). The summed E-state index contributed by atoms with van der Waals surface area (Å²) < 4.78 is 29.2. The Hall–Kier alpha value is -3.28. The molecule has 0 bridgehead atoms. The summed E-state index contributed by atoms with van der Waals surface area (Å²) in [4.78, 5) is 12.0. The molecule has 3 aromatic rings. The Morgan fingerprint density at radius 2 is 1.65 bits per heavy atom. The van der Waals surface area contributed by atoms with Crippen molar-refractivity contribution < 1.29 is 23.1 Å². The van der Waals surface area contributed by atoms with Gasteiger partial charge in [-0.2, -0.15) is 0 Å². The van der Waals surface area contributed by atoms with Crippen LogP contribution in [0.2, 0.25) is 0 Å². The molecule has 134 valence electrons. The molecule has 2 aromatic carbocycles. The molecule has 1 N–H and O–H groups in total. The highest BCUT2D eigenvalue weighted by Crippen LogP contribution is 2.14. The molecular formula is C20H18FNO4. The summed E-state index contributed by atoms with van der Waals surface area (Å²) in [7, 11) is 0. The number of carbonyl (C=O) groups is 1. The normalized spacial score (nSPS) is 10.3. The summed E-state index contributed by atoms with van der Waals surface area (Å²) in [6, 6.07) is 18.3. The van der Waals surface area contributed by atoms with Gasteiger partial charge in [-0.1, -0.05) is 18.2 Å². The molecule has 0 saturated carbocycles. The number of carbonyl (C=O) groups excluding carboxylic acids is 1. The molecule has 0 spiro atoms. The van der Waals surface area contributed by atoms with Crippen LogP contribution in [0.5, 0.6) is 11.5 Å². The van der Waals surface area contributed by atoms with Crippen molar-refractivity contribution in [1.29, 1.82) is 0 Å². The van der Waals surface area contributed by atoms with Crippen molar-refractivity contribution in [3.63, 3.8) is 0 Å². The lowest BCUT2D eigenvalue weighted by molar-refractivity contribution is 0.0915. The van der Waals surface area contributed by atoms with Gasteiger partial charge in [-0.3, -0.25) is 4.79 Å². The van der Waals surface area contributed by atoms with Crippen LogP contribution < -0.4 is 14.8 Å². The van der Waals surface area contributed by atoms with E-state index in [1.807, 2.05) is 30.3 Å². The first-order chi connectivity index (χ1) is 12.7. The van der Waals surface area contributed by atoms with Crippen LogP contribution in [-0.2, 0) is 6.61 Å². The molecule has 0 unspecified atom stereocenters. The van der Waals surface area contributed by atoms with Crippen LogP contribution in [0.25, 0.3) is 0 Å². The summed E-state index contributed by atoms with van der Waals surface area (Å²) in [6.07, 6.45) is 0. The zero-order valence-corrected chi connectivity index (χ0v) is 14.0. The number of para-hydroxylation sites is 1. The molecular weight excluding hydrogens is 337 g/mol. The van der Waals surface area contributed by atoms with Gasteiger partial charge in [0, 0.05) is 0 Å². The molecule has 0 aliphatic carbocycles. The first kappa shape index (κ1) is 17.5. The highest BCUT2D eigenvalue weighted by Gasteiger charge is 2.11. The number of nitrogens with one attached hydrogen (secondary N) is 1. The van der Waals surface area contributed by atoms with Gasteiger partial charge < -0.3 is 19.2 Å². The Labute approximate surface area is 150 Å². The second-order valence-electron chi connectivity index (χ2n) is 5.43. The highest BCUT2D eigenvalue weighted by atomic mass is 19.1. The number of ether oxygens (including phenoxy) is 2. The third-order valence-corrected chi connectivity index (χ3v) is 3.48. The first-order valence-corrected chi connectivity index (χ1v) is 8.14. The number of benzene rings is 2. The monoisotopic (exact) mass is 355 g/mol. The van der Waals surface area contributed by atoms with Crippen LogP contribution in [0.1, 0.15) is 16.3 Å². The predicted octanol–water partition coefficient (Wildman–Crippen LogP) is 3.81. The van der Waals surface area contributed by atoms with E-state index in [0.29, 0.717) is 18.1 Å². The predicted molar refractivity (Wildman–Crippen MR) is 93.7 cm³/mol. The van der Waals surface area contributed by atoms with Crippen molar-refractivity contribution >= 4 is 5.91 Å². The molecule has 0 atom stereocenters. The third-order valence-electron chi connectivity index (χ3n) is 3.48. The fraction of sp³-hybridized carbons (Fsp3) is 0.150. The zero-order valence-electron chi connectivity index (χ0n) is 14.0. The fourth-order valence-corrected chi connectivity index (χ4v) is 2.20. The molecule has 3 rings (SSSR count). The summed E-state index contributed by atoms with van der Waals surface area (Å²) in [5.74, 6) is 1.38. The minimum Gasteiger partial charge on any atom is -0.492 e. The summed E-state index contributed by atoms with van der Waals surface area (Å²) in [6.45, 7) is 0.805. The molecule has 6 heteroatoms. The molecule has 0 fully saturated rings. The number of hydrogen-bond donors (Lipinski definition) is 1. The number of furan rings is 1. The van der Waals surface area contributed by atoms with E-state index in [0.717, 1.165) is 5.75 Å². The average Bonchev–Trinajstić information content (AvgIpc) is 3.15. The molecule has 0 saturated heterocycles. The van der Waals surface area contributed by atoms with Crippen LogP contribution in [-0.4, -0.2) is 19.1 Å². The fourth-order valence-electron chi connectivity index (χ4n) is 2.20. The molecule has 1 heterocycles. The molecule has 1 aromatic heterocycles. The van der Waals surface area contributed by atoms with Crippen molar-refractivity contribution in [3.05, 3.63) is 84.1 Å². The minimum absolute atomic E-state index is 0.207. The minimum atomic E-state index is -0.335. The van der Waals surface area contributed by atoms with Gasteiger partial charge in [0.2, 0.25) is 0 Å². The molecule has 0 aliphatic rings. The van der Waals surface area contributed by atoms with Crippen LogP contribution in [0, 0.1) is 5.82 Å². The second kappa shape index (κ2) is 8.71. The number of amides is 1. The van der Waals surface area contributed by atoms with Gasteiger partial charge in [0.1, 0.15) is 36.3 Å². The SMILES string of the molecule is O=C(NCCOc1ccc(F)cc1)c1ccc(COc2ccccc2)o1. The first-order valence-electron chi connectivity index (χ1n) is 8.14. The van der Waals surface area contributed by atoms with Gasteiger partial charge in [-0.15, -0.1) is 0 Å². The van der Waals surface area contributed by atoms with Gasteiger partial charge in [0.05, 0.1) is 6.54 Å². The Morgan fingerprint density at radius 3 is 2.42 bits per heavy atom. The van der Waals surface area contributed by atoms with Gasteiger partial charge in [0.25, 0.3) is 5.91 Å². The van der Waals surface area contributed by atoms with Crippen molar-refractivity contribution in [1.82, 2.24) is 5.32 Å².